The zero-order valence-corrected chi connectivity index (χ0v) is 62.0. The Morgan fingerprint density at radius 3 is 1.12 bits per heavy atom. The van der Waals surface area contributed by atoms with Crippen LogP contribution in [0.4, 0.5) is 0 Å². The van der Waals surface area contributed by atoms with E-state index in [0.29, 0.717) is 17.8 Å². The van der Waals surface area contributed by atoms with Gasteiger partial charge in [0.15, 0.2) is 61.1 Å². The van der Waals surface area contributed by atoms with E-state index in [-0.39, 0.29) is 0 Å². The Morgan fingerprint density at radius 2 is 0.853 bits per heavy atom. The molecule has 6 heterocycles. The van der Waals surface area contributed by atoms with Crippen LogP contribution in [0.15, 0.2) is 19.0 Å². The molecule has 0 amide bonds. The molecule has 0 aliphatic heterocycles. The molecule has 0 aromatic carbocycles. The Labute approximate surface area is 464 Å². The third-order valence-corrected chi connectivity index (χ3v) is 24.0. The van der Waals surface area contributed by atoms with Gasteiger partial charge in [-0.2, -0.15) is 30.6 Å². The van der Waals surface area contributed by atoms with Crippen molar-refractivity contribution in [2.45, 2.75) is 244 Å². The molecular formula is C49H108N18Si8. The van der Waals surface area contributed by atoms with E-state index in [0.717, 1.165) is 52.6 Å². The number of hydrogen-bond acceptors (Lipinski definition) is 12. The highest BCUT2D eigenvalue weighted by Crippen LogP contribution is 2.17. The van der Waals surface area contributed by atoms with Gasteiger partial charge in [0.2, 0.25) is 0 Å². The Bertz CT molecular complexity index is 2510. The van der Waals surface area contributed by atoms with E-state index in [1.807, 2.05) is 24.5 Å². The highest BCUT2D eigenvalue weighted by atomic mass is 28.3. The summed E-state index contributed by atoms with van der Waals surface area (Å²) in [5, 5.41) is 26.7. The first kappa shape index (κ1) is 69.6. The predicted molar refractivity (Wildman–Crippen MR) is 340 cm³/mol. The highest BCUT2D eigenvalue weighted by Gasteiger charge is 2.30. The summed E-state index contributed by atoms with van der Waals surface area (Å²) < 4.78 is 12.8. The predicted octanol–water partition coefficient (Wildman–Crippen LogP) is 10.9. The van der Waals surface area contributed by atoms with E-state index in [1.165, 1.54) is 5.45 Å². The van der Waals surface area contributed by atoms with Crippen LogP contribution >= 0.6 is 0 Å². The van der Waals surface area contributed by atoms with Crippen LogP contribution in [0.3, 0.4) is 0 Å². The van der Waals surface area contributed by atoms with Crippen molar-refractivity contribution in [3.8, 4) is 0 Å². The molecule has 6 aromatic rings. The number of rotatable bonds is 12. The standard InChI is InChI=1S/C9H19N3Si.2C8H19N3Si2.3C8H17N3Si/c1-7(2)9-10-8(3)12(11-9)13(4,5)6;1-12(2,3)8-9-7-10-11(8)13(4,5)6;1-7-9-8(12(2)3)10-11(7)13(4,5)6;1-7(2)8-9-6-11(10-8)12(3,4)5;1-7(2)8-9-6-10-11(8)12(3,4)5;1-6-8-9-7(2)11(10-8)12(3,4)5/h2*7H,1-6H3;12H,1-6H3;2*6-7H,1-5H3;6H2,1-5H3. The lowest BCUT2D eigenvalue weighted by Gasteiger charge is -2.24. The Kier molecular flexibility index (Phi) is 25.5. The van der Waals surface area contributed by atoms with E-state index in [2.05, 4.69) is 288 Å². The molecule has 0 spiro atoms. The summed E-state index contributed by atoms with van der Waals surface area (Å²) in [6.07, 6.45) is 6.15. The molecule has 0 bridgehead atoms. The zero-order valence-electron chi connectivity index (χ0n) is 53.8. The molecule has 75 heavy (non-hydrogen) atoms. The summed E-state index contributed by atoms with van der Waals surface area (Å²) >= 11 is 0. The monoisotopic (exact) mass is 1170 g/mol. The van der Waals surface area contributed by atoms with E-state index in [4.69, 9.17) is 0 Å². The molecule has 0 saturated heterocycles. The van der Waals surface area contributed by atoms with Gasteiger partial charge in [0.05, 0.1) is 5.45 Å². The molecule has 0 radical (unpaired) electrons. The van der Waals surface area contributed by atoms with Gasteiger partial charge in [-0.25, -0.2) is 29.9 Å². The van der Waals surface area contributed by atoms with Crippen molar-refractivity contribution in [2.75, 3.05) is 0 Å². The summed E-state index contributed by atoms with van der Waals surface area (Å²) in [4.78, 5) is 26.3. The number of hydrogen-bond donors (Lipinski definition) is 0. The van der Waals surface area contributed by atoms with Crippen molar-refractivity contribution < 1.29 is 0 Å². The van der Waals surface area contributed by atoms with Crippen molar-refractivity contribution in [3.63, 3.8) is 0 Å². The van der Waals surface area contributed by atoms with Crippen LogP contribution in [0.5, 0.6) is 0 Å². The lowest BCUT2D eigenvalue weighted by atomic mass is 10.2. The van der Waals surface area contributed by atoms with Gasteiger partial charge in [-0.15, -0.1) is 0 Å². The fourth-order valence-electron chi connectivity index (χ4n) is 7.08. The summed E-state index contributed by atoms with van der Waals surface area (Å²) in [7, 11) is -10.2. The average molecular weight is 1170 g/mol. The fourth-order valence-corrected chi connectivity index (χ4v) is 18.7. The van der Waals surface area contributed by atoms with Gasteiger partial charge in [0.25, 0.3) is 0 Å². The van der Waals surface area contributed by atoms with Crippen LogP contribution in [0.2, 0.25) is 151 Å². The number of aryl methyl sites for hydroxylation is 4. The van der Waals surface area contributed by atoms with Crippen molar-refractivity contribution in [1.29, 1.82) is 0 Å². The van der Waals surface area contributed by atoms with Crippen molar-refractivity contribution >= 4 is 77.2 Å². The SMILES string of the molecule is CC(C)c1ncn([Si](C)(C)C)n1.CC(C)c1ncnn1[Si](C)(C)C.CCc1nc(C)n([Si](C)(C)C)n1.C[Si](C)(C)c1ncnn1[Si](C)(C)C.Cc1nc(C(C)C)nn1[Si](C)(C)C.Cc1nc([SiH](C)C)nn1[Si](C)(C)C. The quantitative estimate of drug-likeness (QED) is 0.106. The first-order chi connectivity index (χ1) is 33.7. The van der Waals surface area contributed by atoms with Gasteiger partial charge in [-0.3, -0.25) is 26.1 Å². The van der Waals surface area contributed by atoms with E-state index < -0.39 is 66.3 Å². The summed E-state index contributed by atoms with van der Waals surface area (Å²) in [6, 6.07) is 0. The lowest BCUT2D eigenvalue weighted by Crippen LogP contribution is -2.52. The Morgan fingerprint density at radius 1 is 0.440 bits per heavy atom. The first-order valence-corrected chi connectivity index (χ1v) is 54.3. The minimum absolute atomic E-state index is 0.427. The highest BCUT2D eigenvalue weighted by molar-refractivity contribution is 6.89. The number of aromatic nitrogens is 18. The second kappa shape index (κ2) is 27.4. The second-order valence-corrected chi connectivity index (χ2v) is 64.1. The molecule has 0 aliphatic rings. The molecule has 0 unspecified atom stereocenters. The Hall–Kier alpha value is -3.42. The molecule has 6 aromatic heterocycles. The van der Waals surface area contributed by atoms with Gasteiger partial charge < -0.3 is 0 Å². The first-order valence-electron chi connectivity index (χ1n) is 27.2. The second-order valence-electron chi connectivity index (χ2n) is 27.7. The van der Waals surface area contributed by atoms with Gasteiger partial charge in [-0.05, 0) is 139 Å². The van der Waals surface area contributed by atoms with Crippen LogP contribution in [0, 0.1) is 20.8 Å². The van der Waals surface area contributed by atoms with Crippen LogP contribution < -0.4 is 10.9 Å². The fraction of sp³-hybridized carbons (Fsp3) is 0.755. The smallest absolute Gasteiger partial charge is 0.178 e. The zero-order chi connectivity index (χ0) is 58.8. The Balaban J connectivity index is 0.000000450. The van der Waals surface area contributed by atoms with Crippen LogP contribution in [-0.2, 0) is 6.42 Å². The molecular weight excluding hydrogens is 1070 g/mol. The molecule has 0 fully saturated rings. The van der Waals surface area contributed by atoms with Crippen molar-refractivity contribution in [1.82, 2.24) is 86.6 Å². The van der Waals surface area contributed by atoms with Crippen LogP contribution in [0.25, 0.3) is 0 Å². The number of nitrogens with zero attached hydrogens (tertiary/aromatic N) is 18. The molecule has 18 nitrogen and oxygen atoms in total. The minimum atomic E-state index is -1.36. The lowest BCUT2D eigenvalue weighted by molar-refractivity contribution is 0.736. The third kappa shape index (κ3) is 22.5. The molecule has 26 heteroatoms. The topological polar surface area (TPSA) is 184 Å². The van der Waals surface area contributed by atoms with E-state index in [1.54, 1.807) is 12.7 Å². The van der Waals surface area contributed by atoms with Crippen LogP contribution in [0.1, 0.15) is 107 Å². The summed E-state index contributed by atoms with van der Waals surface area (Å²) in [5.74, 6) is 8.56. The maximum atomic E-state index is 4.61. The minimum Gasteiger partial charge on any atom is -0.285 e. The largest absolute Gasteiger partial charge is 0.285 e. The van der Waals surface area contributed by atoms with Gasteiger partial charge in [0.1, 0.15) is 70.4 Å². The van der Waals surface area contributed by atoms with Crippen molar-refractivity contribution in [3.05, 3.63) is 59.8 Å². The van der Waals surface area contributed by atoms with E-state index >= 15 is 0 Å². The molecule has 0 N–H and O–H groups in total. The van der Waals surface area contributed by atoms with Gasteiger partial charge in [-0.1, -0.05) is 81.2 Å². The maximum absolute atomic E-state index is 4.61. The van der Waals surface area contributed by atoms with E-state index in [9.17, 15) is 0 Å². The molecule has 426 valence electrons. The van der Waals surface area contributed by atoms with Crippen molar-refractivity contribution in [2.24, 2.45) is 0 Å². The molecule has 0 saturated carbocycles. The molecule has 0 atom stereocenters. The third-order valence-electron chi connectivity index (χ3n) is 10.9. The molecule has 0 aliphatic carbocycles. The van der Waals surface area contributed by atoms with Gasteiger partial charge >= 0.3 is 0 Å². The maximum Gasteiger partial charge on any atom is 0.178 e. The summed E-state index contributed by atoms with van der Waals surface area (Å²) in [6.45, 7) is 73.5. The van der Waals surface area contributed by atoms with Crippen LogP contribution in [-0.4, -0.2) is 153 Å². The van der Waals surface area contributed by atoms with Gasteiger partial charge in [0, 0.05) is 24.2 Å². The molecule has 6 rings (SSSR count). The normalized spacial score (nSPS) is 12.6. The summed E-state index contributed by atoms with van der Waals surface area (Å²) in [5.41, 5.74) is 2.35. The average Bonchev–Trinajstić information content (AvgIpc) is 4.08.